The minimum absolute atomic E-state index is 0.217. The third-order valence-corrected chi connectivity index (χ3v) is 5.68. The minimum atomic E-state index is -1.05. The Morgan fingerprint density at radius 2 is 2.10 bits per heavy atom. The number of nitrogens with zero attached hydrogens (tertiary/aromatic N) is 3. The molecule has 0 saturated carbocycles. The van der Waals surface area contributed by atoms with Crippen LogP contribution in [0.4, 0.5) is 11.8 Å². The summed E-state index contributed by atoms with van der Waals surface area (Å²) < 4.78 is 5.43. The molecule has 29 heavy (non-hydrogen) atoms. The largest absolute Gasteiger partial charge is 0.496 e. The van der Waals surface area contributed by atoms with E-state index in [0.717, 1.165) is 25.9 Å². The van der Waals surface area contributed by atoms with Crippen LogP contribution >= 0.6 is 0 Å². The molecule has 3 atom stereocenters. The molecule has 8 nitrogen and oxygen atoms in total. The van der Waals surface area contributed by atoms with E-state index in [4.69, 9.17) is 4.74 Å². The fourth-order valence-electron chi connectivity index (χ4n) is 4.29. The van der Waals surface area contributed by atoms with E-state index in [-0.39, 0.29) is 16.9 Å². The van der Waals surface area contributed by atoms with Crippen LogP contribution < -0.4 is 20.5 Å². The topological polar surface area (TPSA) is 111 Å². The standard InChI is InChI=1S/C21H23N5O3/c1-12-6-5-9-26(11-12)21-24-18-17(20(28)25-21)16(14(10-22)19(27)23-18)13-7-3-4-8-15(13)29-2/h3-4,7-8,12,14,16H,5-6,9,11H2,1-2H3,(H2,23,24,25,27,28)/t12-,14-,16+/m1/s1. The van der Waals surface area contributed by atoms with E-state index in [9.17, 15) is 14.9 Å². The van der Waals surface area contributed by atoms with Crippen LogP contribution in [0.5, 0.6) is 5.75 Å². The van der Waals surface area contributed by atoms with E-state index >= 15 is 0 Å². The van der Waals surface area contributed by atoms with Crippen LogP contribution in [0.2, 0.25) is 0 Å². The second kappa shape index (κ2) is 7.59. The van der Waals surface area contributed by atoms with E-state index in [1.807, 2.05) is 11.0 Å². The maximum atomic E-state index is 13.1. The molecule has 2 aliphatic heterocycles. The van der Waals surface area contributed by atoms with Gasteiger partial charge in [-0.1, -0.05) is 25.1 Å². The van der Waals surface area contributed by atoms with Gasteiger partial charge in [-0.05, 0) is 24.8 Å². The predicted octanol–water partition coefficient (Wildman–Crippen LogP) is 2.24. The van der Waals surface area contributed by atoms with E-state index in [1.165, 1.54) is 7.11 Å². The van der Waals surface area contributed by atoms with Crippen LogP contribution in [-0.2, 0) is 4.79 Å². The van der Waals surface area contributed by atoms with Crippen molar-refractivity contribution in [2.75, 3.05) is 30.4 Å². The van der Waals surface area contributed by atoms with E-state index < -0.39 is 17.7 Å². The number of nitrogens with one attached hydrogen (secondary N) is 2. The number of rotatable bonds is 3. The number of piperidine rings is 1. The monoisotopic (exact) mass is 393 g/mol. The minimum Gasteiger partial charge on any atom is -0.496 e. The average molecular weight is 393 g/mol. The number of fused-ring (bicyclic) bond motifs is 1. The summed E-state index contributed by atoms with van der Waals surface area (Å²) in [5.41, 5.74) is 0.554. The molecule has 150 valence electrons. The van der Waals surface area contributed by atoms with Gasteiger partial charge in [0.2, 0.25) is 11.9 Å². The normalized spacial score (nSPS) is 23.7. The van der Waals surface area contributed by atoms with Crippen molar-refractivity contribution in [2.24, 2.45) is 11.8 Å². The number of amides is 1. The van der Waals surface area contributed by atoms with E-state index in [0.29, 0.717) is 23.2 Å². The van der Waals surface area contributed by atoms with Gasteiger partial charge in [-0.25, -0.2) is 0 Å². The van der Waals surface area contributed by atoms with Crippen molar-refractivity contribution in [1.29, 1.82) is 5.26 Å². The van der Waals surface area contributed by atoms with Gasteiger partial charge in [-0.15, -0.1) is 0 Å². The summed E-state index contributed by atoms with van der Waals surface area (Å²) >= 11 is 0. The number of hydrogen-bond acceptors (Lipinski definition) is 6. The number of ether oxygens (including phenoxy) is 1. The lowest BCUT2D eigenvalue weighted by Crippen LogP contribution is -2.41. The number of para-hydroxylation sites is 1. The molecular weight excluding hydrogens is 370 g/mol. The molecule has 8 heteroatoms. The van der Waals surface area contributed by atoms with Crippen LogP contribution in [0.15, 0.2) is 29.1 Å². The number of carbonyl (C=O) groups excluding carboxylic acids is 1. The number of hydrogen-bond donors (Lipinski definition) is 2. The van der Waals surface area contributed by atoms with Crippen molar-refractivity contribution >= 4 is 17.7 Å². The molecular formula is C21H23N5O3. The van der Waals surface area contributed by atoms with Crippen molar-refractivity contribution < 1.29 is 9.53 Å². The number of aromatic amines is 1. The highest BCUT2D eigenvalue weighted by Gasteiger charge is 2.41. The van der Waals surface area contributed by atoms with Crippen LogP contribution in [0.25, 0.3) is 0 Å². The molecule has 1 aromatic heterocycles. The summed E-state index contributed by atoms with van der Waals surface area (Å²) in [6.07, 6.45) is 2.16. The van der Waals surface area contributed by atoms with Gasteiger partial charge in [-0.2, -0.15) is 10.2 Å². The van der Waals surface area contributed by atoms with Crippen LogP contribution in [0.3, 0.4) is 0 Å². The second-order valence-electron chi connectivity index (χ2n) is 7.66. The molecule has 1 aromatic carbocycles. The average Bonchev–Trinajstić information content (AvgIpc) is 2.72. The Balaban J connectivity index is 1.86. The summed E-state index contributed by atoms with van der Waals surface area (Å²) in [4.78, 5) is 35.3. The Bertz CT molecular complexity index is 1040. The SMILES string of the molecule is COc1ccccc1[C@@H]1c2c(nc(N3CCC[C@@H](C)C3)[nH]c2=O)NC(=O)[C@@H]1C#N. The number of anilines is 2. The fraction of sp³-hybridized carbons (Fsp3) is 0.429. The molecule has 0 spiro atoms. The number of nitriles is 1. The Hall–Kier alpha value is -3.34. The van der Waals surface area contributed by atoms with Crippen molar-refractivity contribution in [3.8, 4) is 11.8 Å². The molecule has 1 fully saturated rings. The summed E-state index contributed by atoms with van der Waals surface area (Å²) in [7, 11) is 1.52. The number of carbonyl (C=O) groups is 1. The van der Waals surface area contributed by atoms with Gasteiger partial charge < -0.3 is 15.0 Å². The fourth-order valence-corrected chi connectivity index (χ4v) is 4.29. The molecule has 2 N–H and O–H groups in total. The van der Waals surface area contributed by atoms with Crippen molar-refractivity contribution in [1.82, 2.24) is 9.97 Å². The maximum absolute atomic E-state index is 13.1. The molecule has 0 unspecified atom stereocenters. The first-order valence-corrected chi connectivity index (χ1v) is 9.76. The Morgan fingerprint density at radius 1 is 1.31 bits per heavy atom. The molecule has 0 aliphatic carbocycles. The molecule has 2 aliphatic rings. The first-order chi connectivity index (χ1) is 14.0. The van der Waals surface area contributed by atoms with Gasteiger partial charge in [0.1, 0.15) is 17.5 Å². The van der Waals surface area contributed by atoms with Gasteiger partial charge in [-0.3, -0.25) is 14.6 Å². The summed E-state index contributed by atoms with van der Waals surface area (Å²) in [5.74, 6) is -0.583. The zero-order valence-electron chi connectivity index (χ0n) is 16.4. The van der Waals surface area contributed by atoms with E-state index in [1.54, 1.807) is 24.3 Å². The summed E-state index contributed by atoms with van der Waals surface area (Å²) in [5, 5.41) is 12.3. The highest BCUT2D eigenvalue weighted by atomic mass is 16.5. The number of benzene rings is 1. The number of methoxy groups -OCH3 is 1. The lowest BCUT2D eigenvalue weighted by atomic mass is 9.79. The van der Waals surface area contributed by atoms with Crippen molar-refractivity contribution in [3.05, 3.63) is 45.7 Å². The van der Waals surface area contributed by atoms with Crippen LogP contribution in [0, 0.1) is 23.2 Å². The molecule has 0 bridgehead atoms. The number of H-pyrrole nitrogens is 1. The third-order valence-electron chi connectivity index (χ3n) is 5.68. The van der Waals surface area contributed by atoms with Crippen LogP contribution in [-0.4, -0.2) is 36.1 Å². The van der Waals surface area contributed by atoms with Crippen molar-refractivity contribution in [3.63, 3.8) is 0 Å². The van der Waals surface area contributed by atoms with Gasteiger partial charge >= 0.3 is 0 Å². The van der Waals surface area contributed by atoms with Gasteiger partial charge in [0, 0.05) is 24.6 Å². The predicted molar refractivity (Wildman–Crippen MR) is 108 cm³/mol. The highest BCUT2D eigenvalue weighted by molar-refractivity contribution is 5.98. The Morgan fingerprint density at radius 3 is 2.83 bits per heavy atom. The summed E-state index contributed by atoms with van der Waals surface area (Å²) in [6.45, 7) is 3.77. The van der Waals surface area contributed by atoms with Crippen molar-refractivity contribution in [2.45, 2.75) is 25.7 Å². The molecule has 1 amide bonds. The number of aromatic nitrogens is 2. The van der Waals surface area contributed by atoms with E-state index in [2.05, 4.69) is 22.2 Å². The van der Waals surface area contributed by atoms with Gasteiger partial charge in [0.05, 0.1) is 18.7 Å². The zero-order chi connectivity index (χ0) is 20.5. The third kappa shape index (κ3) is 3.33. The smallest absolute Gasteiger partial charge is 0.258 e. The quantitative estimate of drug-likeness (QED) is 0.827. The highest BCUT2D eigenvalue weighted by Crippen LogP contribution is 2.41. The lowest BCUT2D eigenvalue weighted by molar-refractivity contribution is -0.119. The molecule has 4 rings (SSSR count). The first-order valence-electron chi connectivity index (χ1n) is 9.76. The first kappa shape index (κ1) is 19.0. The second-order valence-corrected chi connectivity index (χ2v) is 7.66. The van der Waals surface area contributed by atoms with Crippen LogP contribution in [0.1, 0.15) is 36.8 Å². The van der Waals surface area contributed by atoms with Gasteiger partial charge in [0.25, 0.3) is 5.56 Å². The van der Waals surface area contributed by atoms with Gasteiger partial charge in [0.15, 0.2) is 0 Å². The molecule has 0 radical (unpaired) electrons. The Labute approximate surface area is 168 Å². The summed E-state index contributed by atoms with van der Waals surface area (Å²) in [6, 6.07) is 9.17. The zero-order valence-corrected chi connectivity index (χ0v) is 16.4. The maximum Gasteiger partial charge on any atom is 0.258 e. The lowest BCUT2D eigenvalue weighted by Gasteiger charge is -2.33. The Kier molecular flexibility index (Phi) is 4.97. The molecule has 3 heterocycles. The molecule has 1 saturated heterocycles. The molecule has 2 aromatic rings.